The highest BCUT2D eigenvalue weighted by Gasteiger charge is 2.20. The molecule has 0 fully saturated rings. The Balaban J connectivity index is 3.01. The molecule has 0 saturated carbocycles. The Morgan fingerprint density at radius 1 is 1.60 bits per heavy atom. The molecule has 0 aliphatic carbocycles. The summed E-state index contributed by atoms with van der Waals surface area (Å²) in [7, 11) is 1.44. The zero-order valence-corrected chi connectivity index (χ0v) is 8.66. The van der Waals surface area contributed by atoms with Gasteiger partial charge in [0.2, 0.25) is 0 Å². The van der Waals surface area contributed by atoms with Crippen molar-refractivity contribution >= 4 is 5.97 Å². The van der Waals surface area contributed by atoms with Crippen LogP contribution in [0.4, 0.5) is 4.39 Å². The molecule has 0 aliphatic heterocycles. The van der Waals surface area contributed by atoms with Crippen LogP contribution in [0.3, 0.4) is 0 Å². The highest BCUT2D eigenvalue weighted by Crippen LogP contribution is 2.19. The Kier molecular flexibility index (Phi) is 3.80. The molecule has 0 saturated heterocycles. The SMILES string of the molecule is COCC(C(=O)O)c1ccc(F)c(C)c1. The van der Waals surface area contributed by atoms with Gasteiger partial charge in [0.1, 0.15) is 11.7 Å². The van der Waals surface area contributed by atoms with Crippen molar-refractivity contribution in [2.75, 3.05) is 13.7 Å². The summed E-state index contributed by atoms with van der Waals surface area (Å²) in [5.41, 5.74) is 0.998. The molecule has 1 N–H and O–H groups in total. The van der Waals surface area contributed by atoms with E-state index in [0.717, 1.165) is 0 Å². The first-order valence-corrected chi connectivity index (χ1v) is 4.54. The number of carbonyl (C=O) groups is 1. The molecule has 1 rings (SSSR count). The van der Waals surface area contributed by atoms with Gasteiger partial charge in [0, 0.05) is 7.11 Å². The lowest BCUT2D eigenvalue weighted by Crippen LogP contribution is -2.17. The number of benzene rings is 1. The Bertz CT molecular complexity index is 363. The van der Waals surface area contributed by atoms with Crippen molar-refractivity contribution in [1.82, 2.24) is 0 Å². The van der Waals surface area contributed by atoms with Crippen LogP contribution in [-0.4, -0.2) is 24.8 Å². The van der Waals surface area contributed by atoms with Crippen LogP contribution in [0.5, 0.6) is 0 Å². The molecule has 1 unspecified atom stereocenters. The highest BCUT2D eigenvalue weighted by atomic mass is 19.1. The number of aliphatic carboxylic acids is 1. The minimum atomic E-state index is -0.970. The van der Waals surface area contributed by atoms with Crippen LogP contribution in [0.1, 0.15) is 17.0 Å². The molecule has 4 heteroatoms. The number of carboxylic acids is 1. The molecule has 0 bridgehead atoms. The van der Waals surface area contributed by atoms with Gasteiger partial charge < -0.3 is 9.84 Å². The molecule has 0 spiro atoms. The second kappa shape index (κ2) is 4.89. The third-order valence-corrected chi connectivity index (χ3v) is 2.22. The summed E-state index contributed by atoms with van der Waals surface area (Å²) in [6.07, 6.45) is 0. The van der Waals surface area contributed by atoms with E-state index in [1.807, 2.05) is 0 Å². The fourth-order valence-corrected chi connectivity index (χ4v) is 1.36. The average molecular weight is 212 g/mol. The smallest absolute Gasteiger partial charge is 0.313 e. The summed E-state index contributed by atoms with van der Waals surface area (Å²) >= 11 is 0. The maximum Gasteiger partial charge on any atom is 0.313 e. The predicted molar refractivity (Wildman–Crippen MR) is 53.4 cm³/mol. The van der Waals surface area contributed by atoms with Crippen molar-refractivity contribution < 1.29 is 19.0 Å². The molecular formula is C11H13FO3. The normalized spacial score (nSPS) is 12.5. The van der Waals surface area contributed by atoms with E-state index in [1.54, 1.807) is 6.92 Å². The standard InChI is InChI=1S/C11H13FO3/c1-7-5-8(3-4-10(7)12)9(6-15-2)11(13)14/h3-5,9H,6H2,1-2H3,(H,13,14). The van der Waals surface area contributed by atoms with Gasteiger partial charge in [-0.2, -0.15) is 0 Å². The Labute approximate surface area is 87.5 Å². The minimum Gasteiger partial charge on any atom is -0.481 e. The van der Waals surface area contributed by atoms with Crippen molar-refractivity contribution in [2.45, 2.75) is 12.8 Å². The number of aryl methyl sites for hydroxylation is 1. The summed E-state index contributed by atoms with van der Waals surface area (Å²) in [6, 6.07) is 4.28. The van der Waals surface area contributed by atoms with E-state index < -0.39 is 11.9 Å². The lowest BCUT2D eigenvalue weighted by molar-refractivity contribution is -0.140. The summed E-state index contributed by atoms with van der Waals surface area (Å²) < 4.78 is 17.8. The topological polar surface area (TPSA) is 46.5 Å². The van der Waals surface area contributed by atoms with Gasteiger partial charge in [-0.05, 0) is 24.1 Å². The molecule has 0 aromatic heterocycles. The van der Waals surface area contributed by atoms with E-state index in [2.05, 4.69) is 0 Å². The van der Waals surface area contributed by atoms with Crippen LogP contribution < -0.4 is 0 Å². The Hall–Kier alpha value is -1.42. The van der Waals surface area contributed by atoms with Crippen molar-refractivity contribution in [3.63, 3.8) is 0 Å². The largest absolute Gasteiger partial charge is 0.481 e. The Morgan fingerprint density at radius 2 is 2.27 bits per heavy atom. The lowest BCUT2D eigenvalue weighted by atomic mass is 9.98. The van der Waals surface area contributed by atoms with Crippen LogP contribution in [0.2, 0.25) is 0 Å². The van der Waals surface area contributed by atoms with E-state index in [9.17, 15) is 9.18 Å². The molecule has 0 aliphatic rings. The first-order chi connectivity index (χ1) is 7.06. The fourth-order valence-electron chi connectivity index (χ4n) is 1.36. The average Bonchev–Trinajstić information content (AvgIpc) is 2.18. The number of halogens is 1. The fraction of sp³-hybridized carbons (Fsp3) is 0.364. The van der Waals surface area contributed by atoms with Gasteiger partial charge in [-0.25, -0.2) is 4.39 Å². The second-order valence-corrected chi connectivity index (χ2v) is 3.35. The number of ether oxygens (including phenoxy) is 1. The molecule has 0 radical (unpaired) electrons. The monoisotopic (exact) mass is 212 g/mol. The third-order valence-electron chi connectivity index (χ3n) is 2.22. The molecule has 3 nitrogen and oxygen atoms in total. The highest BCUT2D eigenvalue weighted by molar-refractivity contribution is 5.76. The van der Waals surface area contributed by atoms with E-state index in [0.29, 0.717) is 11.1 Å². The summed E-state index contributed by atoms with van der Waals surface area (Å²) in [6.45, 7) is 1.69. The van der Waals surface area contributed by atoms with Crippen LogP contribution >= 0.6 is 0 Å². The van der Waals surface area contributed by atoms with Gasteiger partial charge in [-0.3, -0.25) is 4.79 Å². The van der Waals surface area contributed by atoms with Crippen LogP contribution in [-0.2, 0) is 9.53 Å². The van der Waals surface area contributed by atoms with Gasteiger partial charge in [0.15, 0.2) is 0 Å². The first kappa shape index (κ1) is 11.7. The predicted octanol–water partition coefficient (Wildman–Crippen LogP) is 1.95. The molecule has 15 heavy (non-hydrogen) atoms. The second-order valence-electron chi connectivity index (χ2n) is 3.35. The van der Waals surface area contributed by atoms with E-state index in [4.69, 9.17) is 9.84 Å². The zero-order chi connectivity index (χ0) is 11.4. The van der Waals surface area contributed by atoms with Gasteiger partial charge in [0.25, 0.3) is 0 Å². The van der Waals surface area contributed by atoms with Gasteiger partial charge >= 0.3 is 5.97 Å². The minimum absolute atomic E-state index is 0.0837. The molecule has 1 aromatic rings. The third kappa shape index (κ3) is 2.76. The molecule has 0 amide bonds. The first-order valence-electron chi connectivity index (χ1n) is 4.54. The van der Waals surface area contributed by atoms with E-state index in [-0.39, 0.29) is 12.4 Å². The number of hydrogen-bond acceptors (Lipinski definition) is 2. The van der Waals surface area contributed by atoms with Gasteiger partial charge in [-0.1, -0.05) is 12.1 Å². The molecular weight excluding hydrogens is 199 g/mol. The maximum absolute atomic E-state index is 13.0. The van der Waals surface area contributed by atoms with Crippen LogP contribution in [0, 0.1) is 12.7 Å². The van der Waals surface area contributed by atoms with Crippen molar-refractivity contribution in [1.29, 1.82) is 0 Å². The molecule has 1 aromatic carbocycles. The molecule has 0 heterocycles. The van der Waals surface area contributed by atoms with E-state index >= 15 is 0 Å². The summed E-state index contributed by atoms with van der Waals surface area (Å²) in [5.74, 6) is -2.04. The molecule has 1 atom stereocenters. The quantitative estimate of drug-likeness (QED) is 0.829. The van der Waals surface area contributed by atoms with Crippen molar-refractivity contribution in [3.05, 3.63) is 35.1 Å². The van der Waals surface area contributed by atoms with Crippen molar-refractivity contribution in [3.8, 4) is 0 Å². The van der Waals surface area contributed by atoms with Gasteiger partial charge in [0.05, 0.1) is 6.61 Å². The van der Waals surface area contributed by atoms with Crippen LogP contribution in [0.15, 0.2) is 18.2 Å². The van der Waals surface area contributed by atoms with E-state index in [1.165, 1.54) is 25.3 Å². The molecule has 82 valence electrons. The number of hydrogen-bond donors (Lipinski definition) is 1. The lowest BCUT2D eigenvalue weighted by Gasteiger charge is -2.12. The summed E-state index contributed by atoms with van der Waals surface area (Å²) in [4.78, 5) is 10.9. The van der Waals surface area contributed by atoms with Crippen molar-refractivity contribution in [2.24, 2.45) is 0 Å². The maximum atomic E-state index is 13.0. The number of rotatable bonds is 4. The summed E-state index contributed by atoms with van der Waals surface area (Å²) in [5, 5.41) is 8.94. The Morgan fingerprint density at radius 3 is 2.73 bits per heavy atom. The number of carboxylic acid groups (broad SMARTS) is 1. The zero-order valence-electron chi connectivity index (χ0n) is 8.66. The van der Waals surface area contributed by atoms with Gasteiger partial charge in [-0.15, -0.1) is 0 Å². The number of methoxy groups -OCH3 is 1. The van der Waals surface area contributed by atoms with Crippen LogP contribution in [0.25, 0.3) is 0 Å².